The quantitative estimate of drug-likeness (QED) is 0.618. The molecule has 0 unspecified atom stereocenters. The monoisotopic (exact) mass is 292 g/mol. The zero-order chi connectivity index (χ0) is 15.7. The first-order valence-corrected chi connectivity index (χ1v) is 6.75. The fourth-order valence-corrected chi connectivity index (χ4v) is 1.60. The Hall–Kier alpha value is -2.37. The van der Waals surface area contributed by atoms with Crippen LogP contribution in [-0.2, 0) is 9.53 Å². The highest BCUT2D eigenvalue weighted by atomic mass is 16.5. The summed E-state index contributed by atoms with van der Waals surface area (Å²) in [5.41, 5.74) is 0.859. The van der Waals surface area contributed by atoms with Crippen molar-refractivity contribution in [1.29, 1.82) is 0 Å². The van der Waals surface area contributed by atoms with Gasteiger partial charge in [0.25, 0.3) is 0 Å². The van der Waals surface area contributed by atoms with Crippen LogP contribution in [0, 0.1) is 0 Å². The second-order valence-corrected chi connectivity index (χ2v) is 4.12. The maximum atomic E-state index is 11.7. The predicted octanol–water partition coefficient (Wildman–Crippen LogP) is 2.29. The number of methoxy groups -OCH3 is 1. The summed E-state index contributed by atoms with van der Waals surface area (Å²) in [4.78, 5) is 27.3. The molecule has 6 heteroatoms. The predicted molar refractivity (Wildman–Crippen MR) is 81.2 cm³/mol. The van der Waals surface area contributed by atoms with Crippen molar-refractivity contribution in [1.82, 2.24) is 0 Å². The number of carbonyl (C=O) groups excluding carboxylic acids is 2. The van der Waals surface area contributed by atoms with Crippen LogP contribution in [0.3, 0.4) is 0 Å². The number of carbonyl (C=O) groups is 2. The molecule has 1 N–H and O–H groups in total. The van der Waals surface area contributed by atoms with Crippen LogP contribution < -0.4 is 10.1 Å². The number of esters is 1. The van der Waals surface area contributed by atoms with Crippen molar-refractivity contribution in [3.8, 4) is 5.75 Å². The Labute approximate surface area is 124 Å². The van der Waals surface area contributed by atoms with Crippen molar-refractivity contribution in [2.24, 2.45) is 4.99 Å². The zero-order valence-corrected chi connectivity index (χ0v) is 12.5. The van der Waals surface area contributed by atoms with Gasteiger partial charge in [0.2, 0.25) is 5.91 Å². The van der Waals surface area contributed by atoms with Crippen molar-refractivity contribution in [3.05, 3.63) is 23.8 Å². The van der Waals surface area contributed by atoms with E-state index in [1.54, 1.807) is 25.3 Å². The van der Waals surface area contributed by atoms with Gasteiger partial charge in [-0.15, -0.1) is 0 Å². The van der Waals surface area contributed by atoms with E-state index < -0.39 is 5.97 Å². The van der Waals surface area contributed by atoms with E-state index in [1.165, 1.54) is 13.2 Å². The van der Waals surface area contributed by atoms with Gasteiger partial charge >= 0.3 is 5.97 Å². The summed E-state index contributed by atoms with van der Waals surface area (Å²) < 4.78 is 10.1. The summed E-state index contributed by atoms with van der Waals surface area (Å²) in [5, 5.41) is 2.69. The van der Waals surface area contributed by atoms with E-state index in [1.807, 2.05) is 6.92 Å². The molecule has 0 bridgehead atoms. The number of benzene rings is 1. The minimum atomic E-state index is -0.429. The number of aliphatic imine (C=N–C) groups is 1. The normalized spacial score (nSPS) is 10.4. The fourth-order valence-electron chi connectivity index (χ4n) is 1.60. The number of hydrogen-bond donors (Lipinski definition) is 1. The summed E-state index contributed by atoms with van der Waals surface area (Å²) in [7, 11) is 1.47. The number of nitrogens with one attached hydrogen (secondary N) is 1. The van der Waals surface area contributed by atoms with Gasteiger partial charge in [-0.2, -0.15) is 0 Å². The SMILES string of the molecule is CCC=NCC(=O)Nc1ccc(C(=O)OCC)cc1OC. The molecule has 0 spiro atoms. The summed E-state index contributed by atoms with van der Waals surface area (Å²) in [6.45, 7) is 4.03. The summed E-state index contributed by atoms with van der Waals surface area (Å²) in [6.07, 6.45) is 2.46. The van der Waals surface area contributed by atoms with E-state index in [0.29, 0.717) is 23.6 Å². The van der Waals surface area contributed by atoms with Crippen molar-refractivity contribution in [3.63, 3.8) is 0 Å². The van der Waals surface area contributed by atoms with E-state index in [4.69, 9.17) is 9.47 Å². The van der Waals surface area contributed by atoms with Crippen molar-refractivity contribution in [2.45, 2.75) is 20.3 Å². The van der Waals surface area contributed by atoms with Gasteiger partial charge in [-0.1, -0.05) is 6.92 Å². The Morgan fingerprint density at radius 2 is 2.10 bits per heavy atom. The summed E-state index contributed by atoms with van der Waals surface area (Å²) >= 11 is 0. The molecule has 0 aliphatic rings. The van der Waals surface area contributed by atoms with E-state index in [-0.39, 0.29) is 12.5 Å². The van der Waals surface area contributed by atoms with Gasteiger partial charge in [0.05, 0.1) is 25.0 Å². The Balaban J connectivity index is 2.81. The van der Waals surface area contributed by atoms with Crippen LogP contribution in [0.5, 0.6) is 5.75 Å². The average molecular weight is 292 g/mol. The molecule has 1 aromatic rings. The maximum absolute atomic E-state index is 11.7. The van der Waals surface area contributed by atoms with Gasteiger partial charge in [-0.05, 0) is 37.8 Å². The van der Waals surface area contributed by atoms with E-state index in [0.717, 1.165) is 6.42 Å². The molecule has 1 aromatic carbocycles. The average Bonchev–Trinajstić information content (AvgIpc) is 2.48. The lowest BCUT2D eigenvalue weighted by atomic mass is 10.2. The third-order valence-corrected chi connectivity index (χ3v) is 2.53. The third kappa shape index (κ3) is 5.25. The first-order valence-electron chi connectivity index (χ1n) is 6.75. The Morgan fingerprint density at radius 3 is 2.71 bits per heavy atom. The number of anilines is 1. The molecule has 0 heterocycles. The molecule has 6 nitrogen and oxygen atoms in total. The molecule has 21 heavy (non-hydrogen) atoms. The summed E-state index contributed by atoms with van der Waals surface area (Å²) in [6, 6.07) is 4.71. The number of rotatable bonds is 7. The molecule has 1 amide bonds. The van der Waals surface area contributed by atoms with Gasteiger partial charge in [0.1, 0.15) is 12.3 Å². The molecule has 0 atom stereocenters. The van der Waals surface area contributed by atoms with Crippen LogP contribution in [0.4, 0.5) is 5.69 Å². The standard InChI is InChI=1S/C15H20N2O4/c1-4-8-16-10-14(18)17-12-7-6-11(9-13(12)20-3)15(19)21-5-2/h6-9H,4-5,10H2,1-3H3,(H,17,18). The Morgan fingerprint density at radius 1 is 1.33 bits per heavy atom. The molecular formula is C15H20N2O4. The number of hydrogen-bond acceptors (Lipinski definition) is 5. The van der Waals surface area contributed by atoms with E-state index in [2.05, 4.69) is 10.3 Å². The van der Waals surface area contributed by atoms with Crippen LogP contribution >= 0.6 is 0 Å². The highest BCUT2D eigenvalue weighted by Crippen LogP contribution is 2.25. The van der Waals surface area contributed by atoms with Gasteiger partial charge in [-0.3, -0.25) is 9.79 Å². The molecule has 0 fully saturated rings. The Bertz CT molecular complexity index is 526. The molecule has 0 saturated carbocycles. The first kappa shape index (κ1) is 16.7. The minimum absolute atomic E-state index is 0.0522. The minimum Gasteiger partial charge on any atom is -0.495 e. The molecular weight excluding hydrogens is 272 g/mol. The van der Waals surface area contributed by atoms with Crippen molar-refractivity contribution in [2.75, 3.05) is 25.6 Å². The third-order valence-electron chi connectivity index (χ3n) is 2.53. The summed E-state index contributed by atoms with van der Waals surface area (Å²) in [5.74, 6) is -0.281. The number of amides is 1. The van der Waals surface area contributed by atoms with Crippen molar-refractivity contribution >= 4 is 23.8 Å². The van der Waals surface area contributed by atoms with E-state index in [9.17, 15) is 9.59 Å². The highest BCUT2D eigenvalue weighted by molar-refractivity contribution is 5.96. The molecule has 0 aromatic heterocycles. The van der Waals surface area contributed by atoms with Gasteiger partial charge < -0.3 is 14.8 Å². The second-order valence-electron chi connectivity index (χ2n) is 4.12. The van der Waals surface area contributed by atoms with Crippen LogP contribution in [0.25, 0.3) is 0 Å². The van der Waals surface area contributed by atoms with E-state index >= 15 is 0 Å². The molecule has 0 aliphatic heterocycles. The molecule has 0 radical (unpaired) electrons. The fraction of sp³-hybridized carbons (Fsp3) is 0.400. The van der Waals surface area contributed by atoms with Crippen LogP contribution in [0.1, 0.15) is 30.6 Å². The molecule has 0 saturated heterocycles. The molecule has 1 rings (SSSR count). The van der Waals surface area contributed by atoms with Crippen molar-refractivity contribution < 1.29 is 19.1 Å². The lowest BCUT2D eigenvalue weighted by molar-refractivity contribution is -0.114. The second kappa shape index (κ2) is 8.73. The zero-order valence-electron chi connectivity index (χ0n) is 12.5. The number of nitrogens with zero attached hydrogens (tertiary/aromatic N) is 1. The molecule has 0 aliphatic carbocycles. The lowest BCUT2D eigenvalue weighted by Crippen LogP contribution is -2.16. The largest absolute Gasteiger partial charge is 0.495 e. The number of ether oxygens (including phenoxy) is 2. The topological polar surface area (TPSA) is 77.0 Å². The van der Waals surface area contributed by atoms with Crippen LogP contribution in [0.2, 0.25) is 0 Å². The van der Waals surface area contributed by atoms with Gasteiger partial charge in [-0.25, -0.2) is 4.79 Å². The smallest absolute Gasteiger partial charge is 0.338 e. The lowest BCUT2D eigenvalue weighted by Gasteiger charge is -2.11. The first-order chi connectivity index (χ1) is 10.1. The van der Waals surface area contributed by atoms with Gasteiger partial charge in [0.15, 0.2) is 0 Å². The maximum Gasteiger partial charge on any atom is 0.338 e. The van der Waals surface area contributed by atoms with Crippen LogP contribution in [0.15, 0.2) is 23.2 Å². The van der Waals surface area contributed by atoms with Crippen LogP contribution in [-0.4, -0.2) is 38.4 Å². The Kier molecular flexibility index (Phi) is 6.94. The highest BCUT2D eigenvalue weighted by Gasteiger charge is 2.12. The van der Waals surface area contributed by atoms with Gasteiger partial charge in [0, 0.05) is 0 Å². The molecule has 114 valence electrons.